The van der Waals surface area contributed by atoms with Crippen LogP contribution in [0.2, 0.25) is 5.02 Å². The largest absolute Gasteiger partial charge is 0.458 e. The van der Waals surface area contributed by atoms with Gasteiger partial charge in [-0.2, -0.15) is 0 Å². The van der Waals surface area contributed by atoms with Crippen molar-refractivity contribution in [1.82, 2.24) is 9.55 Å². The minimum atomic E-state index is -0.491. The lowest BCUT2D eigenvalue weighted by atomic mass is 10.2. The summed E-state index contributed by atoms with van der Waals surface area (Å²) in [5.41, 5.74) is 1.40. The molecule has 1 fully saturated rings. The van der Waals surface area contributed by atoms with Gasteiger partial charge in [-0.25, -0.2) is 9.78 Å². The minimum absolute atomic E-state index is 0.107. The number of carbonyl (C=O) groups is 2. The molecule has 0 spiro atoms. The van der Waals surface area contributed by atoms with E-state index in [4.69, 9.17) is 16.3 Å². The molecule has 1 aliphatic rings. The molecule has 1 aromatic heterocycles. The fourth-order valence-corrected chi connectivity index (χ4v) is 4.31. The topological polar surface area (TPSA) is 73.2 Å². The van der Waals surface area contributed by atoms with Crippen LogP contribution in [-0.4, -0.2) is 33.8 Å². The molecular formula is C23H22ClN3O3S. The van der Waals surface area contributed by atoms with E-state index < -0.39 is 5.97 Å². The zero-order chi connectivity index (χ0) is 21.8. The average molecular weight is 456 g/mol. The summed E-state index contributed by atoms with van der Waals surface area (Å²) in [7, 11) is 0. The van der Waals surface area contributed by atoms with Crippen LogP contribution in [0.3, 0.4) is 0 Å². The third-order valence-electron chi connectivity index (χ3n) is 5.15. The van der Waals surface area contributed by atoms with Crippen LogP contribution in [0.15, 0.2) is 59.8 Å². The van der Waals surface area contributed by atoms with E-state index in [1.54, 1.807) is 28.8 Å². The van der Waals surface area contributed by atoms with Gasteiger partial charge in [-0.3, -0.25) is 9.36 Å². The van der Waals surface area contributed by atoms with E-state index in [0.717, 1.165) is 31.4 Å². The standard InChI is InChI=1S/C23H22ClN3O3S/c1-31-23-26-20(25-21(28)15-11-13-16(24)14-12-15)19(22(29)30-18-9-5-6-10-18)27(23)17-7-3-2-4-8-17/h2-4,7-8,11-14,18H,5-6,9-10H2,1H3,(H,25,28). The molecule has 1 heterocycles. The van der Waals surface area contributed by atoms with Gasteiger partial charge in [-0.15, -0.1) is 0 Å². The molecule has 8 heteroatoms. The number of carbonyl (C=O) groups excluding carboxylic acids is 2. The van der Waals surface area contributed by atoms with E-state index in [9.17, 15) is 9.59 Å². The van der Waals surface area contributed by atoms with Gasteiger partial charge in [0.2, 0.25) is 0 Å². The Bertz CT molecular complexity index is 1080. The fraction of sp³-hybridized carbons (Fsp3) is 0.261. The SMILES string of the molecule is CSc1nc(NC(=O)c2ccc(Cl)cc2)c(C(=O)OC2CCCC2)n1-c1ccccc1. The average Bonchev–Trinajstić information content (AvgIpc) is 3.42. The summed E-state index contributed by atoms with van der Waals surface area (Å²) >= 11 is 7.31. The number of thioether (sulfide) groups is 1. The monoisotopic (exact) mass is 455 g/mol. The minimum Gasteiger partial charge on any atom is -0.458 e. The van der Waals surface area contributed by atoms with Crippen molar-refractivity contribution in [3.05, 3.63) is 70.9 Å². The van der Waals surface area contributed by atoms with E-state index in [1.165, 1.54) is 11.8 Å². The molecule has 3 aromatic rings. The van der Waals surface area contributed by atoms with Crippen molar-refractivity contribution in [2.24, 2.45) is 0 Å². The normalized spacial score (nSPS) is 13.9. The number of hydrogen-bond donors (Lipinski definition) is 1. The number of halogens is 1. The summed E-state index contributed by atoms with van der Waals surface area (Å²) in [4.78, 5) is 30.6. The Morgan fingerprint density at radius 1 is 1.10 bits per heavy atom. The van der Waals surface area contributed by atoms with Crippen LogP contribution in [-0.2, 0) is 4.74 Å². The molecule has 6 nitrogen and oxygen atoms in total. The molecule has 1 saturated carbocycles. The predicted octanol–water partition coefficient (Wildman–Crippen LogP) is 5.60. The van der Waals surface area contributed by atoms with Crippen LogP contribution >= 0.6 is 23.4 Å². The molecule has 1 aliphatic carbocycles. The van der Waals surface area contributed by atoms with E-state index >= 15 is 0 Å². The molecule has 0 unspecified atom stereocenters. The first kappa shape index (κ1) is 21.5. The van der Waals surface area contributed by atoms with Gasteiger partial charge >= 0.3 is 5.97 Å². The summed E-state index contributed by atoms with van der Waals surface area (Å²) in [6.45, 7) is 0. The molecule has 4 rings (SSSR count). The lowest BCUT2D eigenvalue weighted by molar-refractivity contribution is 0.0309. The Morgan fingerprint density at radius 3 is 2.42 bits per heavy atom. The molecule has 0 bridgehead atoms. The van der Waals surface area contributed by atoms with Crippen LogP contribution in [0.1, 0.15) is 46.5 Å². The molecule has 0 radical (unpaired) electrons. The van der Waals surface area contributed by atoms with Gasteiger partial charge in [0, 0.05) is 16.3 Å². The van der Waals surface area contributed by atoms with Crippen molar-refractivity contribution in [1.29, 1.82) is 0 Å². The molecule has 0 aliphatic heterocycles. The highest BCUT2D eigenvalue weighted by Gasteiger charge is 2.29. The van der Waals surface area contributed by atoms with Crippen molar-refractivity contribution in [2.75, 3.05) is 11.6 Å². The number of aromatic nitrogens is 2. The lowest BCUT2D eigenvalue weighted by Crippen LogP contribution is -2.21. The molecule has 1 amide bonds. The maximum absolute atomic E-state index is 13.2. The zero-order valence-corrected chi connectivity index (χ0v) is 18.6. The number of anilines is 1. The van der Waals surface area contributed by atoms with Crippen molar-refractivity contribution in [2.45, 2.75) is 36.9 Å². The Balaban J connectivity index is 1.74. The number of rotatable bonds is 6. The number of hydrogen-bond acceptors (Lipinski definition) is 5. The second-order valence-electron chi connectivity index (χ2n) is 7.24. The molecule has 1 N–H and O–H groups in total. The van der Waals surface area contributed by atoms with Gasteiger partial charge < -0.3 is 10.1 Å². The smallest absolute Gasteiger partial charge is 0.359 e. The van der Waals surface area contributed by atoms with Gasteiger partial charge in [-0.05, 0) is 68.3 Å². The van der Waals surface area contributed by atoms with Gasteiger partial charge in [0.1, 0.15) is 6.10 Å². The third kappa shape index (κ3) is 4.78. The molecule has 160 valence electrons. The lowest BCUT2D eigenvalue weighted by Gasteiger charge is -2.15. The van der Waals surface area contributed by atoms with Gasteiger partial charge in [-0.1, -0.05) is 41.6 Å². The summed E-state index contributed by atoms with van der Waals surface area (Å²) in [6.07, 6.45) is 5.57. The highest BCUT2D eigenvalue weighted by molar-refractivity contribution is 7.98. The summed E-state index contributed by atoms with van der Waals surface area (Å²) < 4.78 is 7.52. The highest BCUT2D eigenvalue weighted by atomic mass is 35.5. The number of para-hydroxylation sites is 1. The molecule has 0 atom stereocenters. The van der Waals surface area contributed by atoms with Crippen LogP contribution < -0.4 is 5.32 Å². The summed E-state index contributed by atoms with van der Waals surface area (Å²) in [5.74, 6) is -0.692. The Kier molecular flexibility index (Phi) is 6.63. The van der Waals surface area contributed by atoms with E-state index in [1.807, 2.05) is 36.6 Å². The van der Waals surface area contributed by atoms with Gasteiger partial charge in [0.25, 0.3) is 5.91 Å². The number of esters is 1. The van der Waals surface area contributed by atoms with Gasteiger partial charge in [0.05, 0.1) is 0 Å². The highest BCUT2D eigenvalue weighted by Crippen LogP contribution is 2.30. The van der Waals surface area contributed by atoms with E-state index in [0.29, 0.717) is 15.7 Å². The van der Waals surface area contributed by atoms with Gasteiger partial charge in [0.15, 0.2) is 16.7 Å². The Labute approximate surface area is 190 Å². The molecule has 0 saturated heterocycles. The summed E-state index contributed by atoms with van der Waals surface area (Å²) in [5, 5.41) is 3.91. The second kappa shape index (κ2) is 9.58. The second-order valence-corrected chi connectivity index (χ2v) is 8.45. The summed E-state index contributed by atoms with van der Waals surface area (Å²) in [6, 6.07) is 16.0. The fourth-order valence-electron chi connectivity index (χ4n) is 3.62. The van der Waals surface area contributed by atoms with E-state index in [2.05, 4.69) is 10.3 Å². The van der Waals surface area contributed by atoms with Crippen molar-refractivity contribution in [3.8, 4) is 5.69 Å². The maximum Gasteiger partial charge on any atom is 0.359 e. The number of ether oxygens (including phenoxy) is 1. The first-order chi connectivity index (χ1) is 15.1. The van der Waals surface area contributed by atoms with Crippen molar-refractivity contribution < 1.29 is 14.3 Å². The number of benzene rings is 2. The quantitative estimate of drug-likeness (QED) is 0.387. The van der Waals surface area contributed by atoms with Crippen LogP contribution in [0.4, 0.5) is 5.82 Å². The Morgan fingerprint density at radius 2 is 1.77 bits per heavy atom. The maximum atomic E-state index is 13.2. The Hall–Kier alpha value is -2.77. The first-order valence-corrected chi connectivity index (χ1v) is 11.7. The number of amides is 1. The van der Waals surface area contributed by atoms with Crippen LogP contribution in [0.25, 0.3) is 5.69 Å². The number of imidazole rings is 1. The first-order valence-electron chi connectivity index (χ1n) is 10.1. The van der Waals surface area contributed by atoms with Crippen LogP contribution in [0.5, 0.6) is 0 Å². The van der Waals surface area contributed by atoms with Crippen molar-refractivity contribution in [3.63, 3.8) is 0 Å². The predicted molar refractivity (Wildman–Crippen MR) is 122 cm³/mol. The van der Waals surface area contributed by atoms with Crippen molar-refractivity contribution >= 4 is 41.1 Å². The third-order valence-corrected chi connectivity index (χ3v) is 6.04. The molecule has 2 aromatic carbocycles. The number of nitrogens with one attached hydrogen (secondary N) is 1. The van der Waals surface area contributed by atoms with E-state index in [-0.39, 0.29) is 23.5 Å². The number of nitrogens with zero attached hydrogens (tertiary/aromatic N) is 2. The molecular weight excluding hydrogens is 434 g/mol. The zero-order valence-electron chi connectivity index (χ0n) is 17.0. The molecule has 31 heavy (non-hydrogen) atoms. The van der Waals surface area contributed by atoms with Crippen LogP contribution in [0, 0.1) is 0 Å².